The van der Waals surface area contributed by atoms with Crippen molar-refractivity contribution < 1.29 is 13.2 Å². The lowest BCUT2D eigenvalue weighted by Crippen LogP contribution is -2.12. The summed E-state index contributed by atoms with van der Waals surface area (Å²) in [5.41, 5.74) is 1.54. The molecule has 2 aromatic carbocycles. The number of alkyl halides is 3. The second kappa shape index (κ2) is 10.1. The molecule has 0 atom stereocenters. The van der Waals surface area contributed by atoms with E-state index in [1.54, 1.807) is 24.3 Å². The van der Waals surface area contributed by atoms with Crippen molar-refractivity contribution in [2.24, 2.45) is 0 Å². The predicted octanol–water partition coefficient (Wildman–Crippen LogP) is 7.32. The molecule has 0 radical (unpaired) electrons. The van der Waals surface area contributed by atoms with Gasteiger partial charge in [0.2, 0.25) is 5.95 Å². The summed E-state index contributed by atoms with van der Waals surface area (Å²) in [4.78, 5) is 7.94. The fraction of sp³-hybridized carbons (Fsp3) is 0.273. The smallest absolute Gasteiger partial charge is 0.340 e. The molecule has 0 saturated carbocycles. The summed E-state index contributed by atoms with van der Waals surface area (Å²) < 4.78 is 41.2. The predicted molar refractivity (Wildman–Crippen MR) is 122 cm³/mol. The Bertz CT molecular complexity index is 958. The van der Waals surface area contributed by atoms with Crippen LogP contribution in [0.1, 0.15) is 37.3 Å². The summed E-state index contributed by atoms with van der Waals surface area (Å²) in [6.45, 7) is 2.17. The van der Waals surface area contributed by atoms with Crippen LogP contribution in [0.3, 0.4) is 0 Å². The second-order valence-corrected chi connectivity index (χ2v) is 8.11. The van der Waals surface area contributed by atoms with E-state index in [1.165, 1.54) is 18.4 Å². The molecule has 3 aromatic rings. The van der Waals surface area contributed by atoms with Gasteiger partial charge in [0.25, 0.3) is 0 Å². The number of benzene rings is 2. The number of unbranched alkanes of at least 4 members (excludes halogenated alkanes) is 2. The van der Waals surface area contributed by atoms with Crippen molar-refractivity contribution in [3.05, 3.63) is 69.4 Å². The molecule has 1 aromatic heterocycles. The van der Waals surface area contributed by atoms with Crippen molar-refractivity contribution in [3.8, 4) is 0 Å². The van der Waals surface area contributed by atoms with E-state index in [-0.39, 0.29) is 11.8 Å². The van der Waals surface area contributed by atoms with Crippen LogP contribution in [-0.2, 0) is 12.6 Å². The normalized spacial score (nSPS) is 11.4. The van der Waals surface area contributed by atoms with Crippen LogP contribution in [0, 0.1) is 3.57 Å². The molecule has 0 aliphatic rings. The van der Waals surface area contributed by atoms with E-state index in [2.05, 4.69) is 50.1 Å². The van der Waals surface area contributed by atoms with Crippen molar-refractivity contribution in [3.63, 3.8) is 0 Å². The van der Waals surface area contributed by atoms with Gasteiger partial charge in [-0.1, -0.05) is 31.9 Å². The minimum absolute atomic E-state index is 0.0924. The maximum Gasteiger partial charge on any atom is 0.421 e. The fourth-order valence-corrected chi connectivity index (χ4v) is 3.24. The van der Waals surface area contributed by atoms with Crippen LogP contribution >= 0.6 is 22.6 Å². The van der Waals surface area contributed by atoms with Crippen LogP contribution in [0.5, 0.6) is 0 Å². The summed E-state index contributed by atoms with van der Waals surface area (Å²) in [7, 11) is 0. The zero-order valence-electron chi connectivity index (χ0n) is 16.4. The Hall–Kier alpha value is -2.36. The van der Waals surface area contributed by atoms with Crippen molar-refractivity contribution in [2.75, 3.05) is 10.6 Å². The highest BCUT2D eigenvalue weighted by molar-refractivity contribution is 14.1. The minimum atomic E-state index is -4.57. The number of anilines is 4. The van der Waals surface area contributed by atoms with Crippen LogP contribution in [-0.4, -0.2) is 9.97 Å². The SMILES string of the molecule is CCCCCc1ccc(Nc2ncc(C(F)(F)F)c(Nc3ccc(I)cc3)n2)cc1. The van der Waals surface area contributed by atoms with Gasteiger partial charge in [0.05, 0.1) is 0 Å². The standard InChI is InChI=1S/C22H22F3IN4/c1-2-3-4-5-15-6-10-18(11-7-15)29-21-27-14-19(22(23,24)25)20(30-21)28-17-12-8-16(26)9-13-17/h6-14H,2-5H2,1H3,(H2,27,28,29,30). The summed E-state index contributed by atoms with van der Waals surface area (Å²) in [5, 5.41) is 5.74. The topological polar surface area (TPSA) is 49.8 Å². The van der Waals surface area contributed by atoms with Gasteiger partial charge < -0.3 is 10.6 Å². The molecule has 0 aliphatic heterocycles. The van der Waals surface area contributed by atoms with Gasteiger partial charge in [0.15, 0.2) is 0 Å². The Morgan fingerprint density at radius 3 is 2.17 bits per heavy atom. The molecule has 0 unspecified atom stereocenters. The zero-order valence-corrected chi connectivity index (χ0v) is 18.6. The van der Waals surface area contributed by atoms with Crippen LogP contribution in [0.2, 0.25) is 0 Å². The molecule has 158 valence electrons. The first kappa shape index (κ1) is 22.3. The summed E-state index contributed by atoms with van der Waals surface area (Å²) in [6, 6.07) is 14.8. The fourth-order valence-electron chi connectivity index (χ4n) is 2.88. The minimum Gasteiger partial charge on any atom is -0.340 e. The lowest BCUT2D eigenvalue weighted by Gasteiger charge is -2.15. The van der Waals surface area contributed by atoms with Crippen molar-refractivity contribution in [1.82, 2.24) is 9.97 Å². The van der Waals surface area contributed by atoms with Gasteiger partial charge in [-0.15, -0.1) is 0 Å². The number of nitrogens with zero attached hydrogens (tertiary/aromatic N) is 2. The molecule has 30 heavy (non-hydrogen) atoms. The van der Waals surface area contributed by atoms with Crippen LogP contribution < -0.4 is 10.6 Å². The van der Waals surface area contributed by atoms with Crippen LogP contribution in [0.15, 0.2) is 54.7 Å². The molecule has 0 saturated heterocycles. The first-order chi connectivity index (χ1) is 14.3. The average molecular weight is 526 g/mol. The second-order valence-electron chi connectivity index (χ2n) is 6.86. The molecule has 4 nitrogen and oxygen atoms in total. The van der Waals surface area contributed by atoms with Gasteiger partial charge in [0.1, 0.15) is 11.4 Å². The summed E-state index contributed by atoms with van der Waals surface area (Å²) in [5.74, 6) is -0.202. The molecule has 1 heterocycles. The molecular formula is C22H22F3IN4. The van der Waals surface area contributed by atoms with Crippen molar-refractivity contribution in [2.45, 2.75) is 38.8 Å². The molecule has 3 rings (SSSR count). The van der Waals surface area contributed by atoms with E-state index in [1.807, 2.05) is 24.3 Å². The van der Waals surface area contributed by atoms with Gasteiger partial charge >= 0.3 is 6.18 Å². The van der Waals surface area contributed by atoms with E-state index in [0.29, 0.717) is 11.4 Å². The number of nitrogens with one attached hydrogen (secondary N) is 2. The third-order valence-electron chi connectivity index (χ3n) is 4.48. The van der Waals surface area contributed by atoms with Crippen molar-refractivity contribution in [1.29, 1.82) is 0 Å². The zero-order chi connectivity index (χ0) is 21.6. The summed E-state index contributed by atoms with van der Waals surface area (Å²) >= 11 is 2.13. The van der Waals surface area contributed by atoms with Gasteiger partial charge in [-0.3, -0.25) is 0 Å². The molecule has 0 spiro atoms. The largest absolute Gasteiger partial charge is 0.421 e. The van der Waals surface area contributed by atoms with E-state index in [0.717, 1.165) is 22.6 Å². The number of halogens is 4. The van der Waals surface area contributed by atoms with Gasteiger partial charge in [0, 0.05) is 21.1 Å². The lowest BCUT2D eigenvalue weighted by molar-refractivity contribution is -0.137. The molecular weight excluding hydrogens is 504 g/mol. The highest BCUT2D eigenvalue weighted by Gasteiger charge is 2.35. The molecule has 8 heteroatoms. The first-order valence-corrected chi connectivity index (χ1v) is 10.8. The third-order valence-corrected chi connectivity index (χ3v) is 5.20. The van der Waals surface area contributed by atoms with E-state index in [9.17, 15) is 13.2 Å². The Morgan fingerprint density at radius 1 is 0.900 bits per heavy atom. The van der Waals surface area contributed by atoms with Gasteiger partial charge in [-0.2, -0.15) is 18.2 Å². The Kier molecular flexibility index (Phi) is 7.52. The number of aromatic nitrogens is 2. The van der Waals surface area contributed by atoms with E-state index < -0.39 is 11.7 Å². The van der Waals surface area contributed by atoms with Crippen LogP contribution in [0.4, 0.5) is 36.3 Å². The maximum atomic E-state index is 13.4. The van der Waals surface area contributed by atoms with Gasteiger partial charge in [-0.25, -0.2) is 4.98 Å². The van der Waals surface area contributed by atoms with Gasteiger partial charge in [-0.05, 0) is 77.4 Å². The Morgan fingerprint density at radius 2 is 1.53 bits per heavy atom. The summed E-state index contributed by atoms with van der Waals surface area (Å²) in [6.07, 6.45) is 0.737. The molecule has 0 fully saturated rings. The monoisotopic (exact) mass is 526 g/mol. The average Bonchev–Trinajstić information content (AvgIpc) is 2.70. The van der Waals surface area contributed by atoms with E-state index >= 15 is 0 Å². The molecule has 0 bridgehead atoms. The third kappa shape index (κ3) is 6.32. The number of hydrogen-bond acceptors (Lipinski definition) is 4. The quantitative estimate of drug-likeness (QED) is 0.239. The van der Waals surface area contributed by atoms with Crippen LogP contribution in [0.25, 0.3) is 0 Å². The number of aryl methyl sites for hydroxylation is 1. The van der Waals surface area contributed by atoms with Crippen molar-refractivity contribution >= 4 is 45.7 Å². The highest BCUT2D eigenvalue weighted by atomic mass is 127. The maximum absolute atomic E-state index is 13.4. The molecule has 0 aliphatic carbocycles. The highest BCUT2D eigenvalue weighted by Crippen LogP contribution is 2.35. The first-order valence-electron chi connectivity index (χ1n) is 9.68. The number of rotatable bonds is 8. The molecule has 2 N–H and O–H groups in total. The molecule has 0 amide bonds. The number of hydrogen-bond donors (Lipinski definition) is 2. The Labute approximate surface area is 187 Å². The van der Waals surface area contributed by atoms with E-state index in [4.69, 9.17) is 0 Å². The lowest BCUT2D eigenvalue weighted by atomic mass is 10.1. The Balaban J connectivity index is 1.79.